The minimum atomic E-state index is -0.472. The van der Waals surface area contributed by atoms with Crippen molar-refractivity contribution in [2.45, 2.75) is 39.8 Å². The van der Waals surface area contributed by atoms with Crippen molar-refractivity contribution in [2.75, 3.05) is 13.2 Å². The van der Waals surface area contributed by atoms with Gasteiger partial charge >= 0.3 is 0 Å². The number of amides is 2. The molecule has 0 unspecified atom stereocenters. The Morgan fingerprint density at radius 1 is 1.14 bits per heavy atom. The van der Waals surface area contributed by atoms with Crippen molar-refractivity contribution >= 4 is 11.8 Å². The minimum Gasteiger partial charge on any atom is -0.494 e. The summed E-state index contributed by atoms with van der Waals surface area (Å²) in [5, 5.41) is 3.01. The van der Waals surface area contributed by atoms with Crippen LogP contribution < -0.4 is 10.1 Å². The lowest BCUT2D eigenvalue weighted by molar-refractivity contribution is -0.127. The van der Waals surface area contributed by atoms with E-state index >= 15 is 0 Å². The Bertz CT molecular complexity index is 830. The monoisotopic (exact) mass is 380 g/mol. The first-order chi connectivity index (χ1) is 13.5. The van der Waals surface area contributed by atoms with Gasteiger partial charge in [0, 0.05) is 18.7 Å². The van der Waals surface area contributed by atoms with E-state index in [1.807, 2.05) is 69.3 Å². The van der Waals surface area contributed by atoms with Gasteiger partial charge in [-0.3, -0.25) is 9.59 Å². The van der Waals surface area contributed by atoms with Gasteiger partial charge in [-0.2, -0.15) is 0 Å². The first-order valence-electron chi connectivity index (χ1n) is 9.89. The molecule has 1 atom stereocenters. The second-order valence-electron chi connectivity index (χ2n) is 7.40. The Kier molecular flexibility index (Phi) is 6.34. The van der Waals surface area contributed by atoms with E-state index in [2.05, 4.69) is 5.32 Å². The van der Waals surface area contributed by atoms with Crippen LogP contribution in [0.5, 0.6) is 5.75 Å². The van der Waals surface area contributed by atoms with E-state index in [4.69, 9.17) is 4.74 Å². The van der Waals surface area contributed by atoms with Gasteiger partial charge in [0.15, 0.2) is 0 Å². The fourth-order valence-corrected chi connectivity index (χ4v) is 3.66. The average Bonchev–Trinajstić information content (AvgIpc) is 3.00. The van der Waals surface area contributed by atoms with Gasteiger partial charge in [0.05, 0.1) is 6.61 Å². The van der Waals surface area contributed by atoms with E-state index in [9.17, 15) is 9.59 Å². The van der Waals surface area contributed by atoms with Crippen LogP contribution in [-0.2, 0) is 17.8 Å². The highest BCUT2D eigenvalue weighted by Gasteiger charge is 2.37. The molecule has 0 bridgehead atoms. The number of nitrogens with zero attached hydrogens (tertiary/aromatic N) is 1. The number of fused-ring (bicyclic) bond motifs is 1. The van der Waals surface area contributed by atoms with Crippen molar-refractivity contribution in [1.82, 2.24) is 10.2 Å². The highest BCUT2D eigenvalue weighted by Crippen LogP contribution is 2.27. The zero-order valence-corrected chi connectivity index (χ0v) is 16.8. The van der Waals surface area contributed by atoms with Crippen molar-refractivity contribution in [1.29, 1.82) is 0 Å². The fourth-order valence-electron chi connectivity index (χ4n) is 3.66. The van der Waals surface area contributed by atoms with E-state index < -0.39 is 6.04 Å². The molecule has 0 fully saturated rings. The van der Waals surface area contributed by atoms with E-state index in [-0.39, 0.29) is 17.7 Å². The maximum absolute atomic E-state index is 12.9. The van der Waals surface area contributed by atoms with Crippen LogP contribution >= 0.6 is 0 Å². The molecule has 148 valence electrons. The maximum atomic E-state index is 12.9. The molecule has 0 aliphatic carbocycles. The summed E-state index contributed by atoms with van der Waals surface area (Å²) in [6.45, 7) is 7.58. The summed E-state index contributed by atoms with van der Waals surface area (Å²) >= 11 is 0. The molecule has 5 nitrogen and oxygen atoms in total. The SMILES string of the molecule is CCOc1ccc(CCNC(=O)[C@H](C(C)C)N2Cc3ccccc3C2=O)cc1. The smallest absolute Gasteiger partial charge is 0.255 e. The van der Waals surface area contributed by atoms with Crippen LogP contribution in [0.4, 0.5) is 0 Å². The van der Waals surface area contributed by atoms with Crippen LogP contribution in [0.3, 0.4) is 0 Å². The molecule has 1 heterocycles. The summed E-state index contributed by atoms with van der Waals surface area (Å²) in [5.74, 6) is 0.726. The zero-order valence-electron chi connectivity index (χ0n) is 16.8. The molecule has 0 spiro atoms. The van der Waals surface area contributed by atoms with Crippen LogP contribution in [-0.4, -0.2) is 35.9 Å². The number of nitrogens with one attached hydrogen (secondary N) is 1. The summed E-state index contributed by atoms with van der Waals surface area (Å²) < 4.78 is 5.45. The molecule has 1 aliphatic heterocycles. The quantitative estimate of drug-likeness (QED) is 0.763. The molecule has 0 radical (unpaired) electrons. The fraction of sp³-hybridized carbons (Fsp3) is 0.391. The lowest BCUT2D eigenvalue weighted by atomic mass is 10.0. The van der Waals surface area contributed by atoms with Crippen molar-refractivity contribution in [3.63, 3.8) is 0 Å². The van der Waals surface area contributed by atoms with Gasteiger partial charge in [-0.25, -0.2) is 0 Å². The molecule has 5 heteroatoms. The molecule has 1 N–H and O–H groups in total. The molecule has 2 aromatic carbocycles. The normalized spacial score (nSPS) is 14.1. The Morgan fingerprint density at radius 3 is 2.50 bits per heavy atom. The first-order valence-corrected chi connectivity index (χ1v) is 9.89. The minimum absolute atomic E-state index is 0.0312. The molecule has 0 saturated heterocycles. The number of rotatable bonds is 8. The predicted molar refractivity (Wildman–Crippen MR) is 109 cm³/mol. The van der Waals surface area contributed by atoms with Crippen molar-refractivity contribution in [2.24, 2.45) is 5.92 Å². The van der Waals surface area contributed by atoms with Crippen LogP contribution in [0.1, 0.15) is 42.3 Å². The highest BCUT2D eigenvalue weighted by atomic mass is 16.5. The van der Waals surface area contributed by atoms with Gasteiger partial charge in [0.2, 0.25) is 5.91 Å². The third-order valence-corrected chi connectivity index (χ3v) is 5.03. The van der Waals surface area contributed by atoms with E-state index in [0.29, 0.717) is 25.3 Å². The summed E-state index contributed by atoms with van der Waals surface area (Å²) in [7, 11) is 0. The molecule has 0 aromatic heterocycles. The molecule has 0 saturated carbocycles. The van der Waals surface area contributed by atoms with Crippen molar-refractivity contribution in [3.05, 3.63) is 65.2 Å². The van der Waals surface area contributed by atoms with Gasteiger partial charge in [-0.15, -0.1) is 0 Å². The number of hydrogen-bond acceptors (Lipinski definition) is 3. The summed E-state index contributed by atoms with van der Waals surface area (Å²) in [5.41, 5.74) is 2.82. The molecule has 2 amide bonds. The highest BCUT2D eigenvalue weighted by molar-refractivity contribution is 6.01. The molecule has 3 rings (SSSR count). The first kappa shape index (κ1) is 19.9. The zero-order chi connectivity index (χ0) is 20.1. The third-order valence-electron chi connectivity index (χ3n) is 5.03. The summed E-state index contributed by atoms with van der Waals surface area (Å²) in [6.07, 6.45) is 0.733. The second kappa shape index (κ2) is 8.91. The molecule has 1 aliphatic rings. The molecule has 28 heavy (non-hydrogen) atoms. The number of benzene rings is 2. The number of ether oxygens (including phenoxy) is 1. The lowest BCUT2D eigenvalue weighted by Crippen LogP contribution is -2.50. The van der Waals surface area contributed by atoms with Gasteiger partial charge in [-0.05, 0) is 48.6 Å². The van der Waals surface area contributed by atoms with E-state index in [1.165, 1.54) is 0 Å². The molecule has 2 aromatic rings. The van der Waals surface area contributed by atoms with Gasteiger partial charge in [0.25, 0.3) is 5.91 Å². The number of carbonyl (C=O) groups is 2. The summed E-state index contributed by atoms with van der Waals surface area (Å²) in [4.78, 5) is 27.3. The molecular formula is C23H28N2O3. The molecular weight excluding hydrogens is 352 g/mol. The maximum Gasteiger partial charge on any atom is 0.255 e. The van der Waals surface area contributed by atoms with Gasteiger partial charge in [0.1, 0.15) is 11.8 Å². The summed E-state index contributed by atoms with van der Waals surface area (Å²) in [6, 6.07) is 15.0. The van der Waals surface area contributed by atoms with Crippen LogP contribution in [0.2, 0.25) is 0 Å². The van der Waals surface area contributed by atoms with Crippen molar-refractivity contribution < 1.29 is 14.3 Å². The Morgan fingerprint density at radius 2 is 1.86 bits per heavy atom. The Hall–Kier alpha value is -2.82. The van der Waals surface area contributed by atoms with E-state index in [0.717, 1.165) is 23.3 Å². The van der Waals surface area contributed by atoms with Crippen LogP contribution in [0, 0.1) is 5.92 Å². The predicted octanol–water partition coefficient (Wildman–Crippen LogP) is 3.42. The Balaban J connectivity index is 1.59. The number of hydrogen-bond donors (Lipinski definition) is 1. The van der Waals surface area contributed by atoms with Gasteiger partial charge in [-0.1, -0.05) is 44.2 Å². The lowest BCUT2D eigenvalue weighted by Gasteiger charge is -2.30. The second-order valence-corrected chi connectivity index (χ2v) is 7.40. The topological polar surface area (TPSA) is 58.6 Å². The van der Waals surface area contributed by atoms with E-state index in [1.54, 1.807) is 4.90 Å². The largest absolute Gasteiger partial charge is 0.494 e. The average molecular weight is 380 g/mol. The Labute approximate surface area is 166 Å². The van der Waals surface area contributed by atoms with Gasteiger partial charge < -0.3 is 15.0 Å². The van der Waals surface area contributed by atoms with Crippen LogP contribution in [0.25, 0.3) is 0 Å². The standard InChI is InChI=1S/C23H28N2O3/c1-4-28-19-11-9-17(10-12-19)13-14-24-22(26)21(16(2)3)25-15-18-7-5-6-8-20(18)23(25)27/h5-12,16,21H,4,13-15H2,1-3H3,(H,24,26)/t21-/m0/s1. The van der Waals surface area contributed by atoms with Crippen molar-refractivity contribution in [3.8, 4) is 5.75 Å². The van der Waals surface area contributed by atoms with Crippen LogP contribution in [0.15, 0.2) is 48.5 Å². The number of carbonyl (C=O) groups excluding carboxylic acids is 2. The third kappa shape index (κ3) is 4.35.